The summed E-state index contributed by atoms with van der Waals surface area (Å²) in [5.41, 5.74) is 2.13. The third-order valence-corrected chi connectivity index (χ3v) is 6.29. The minimum absolute atomic E-state index is 0.516. The van der Waals surface area contributed by atoms with Crippen molar-refractivity contribution in [1.29, 1.82) is 0 Å². The lowest BCUT2D eigenvalue weighted by Gasteiger charge is -2.38. The van der Waals surface area contributed by atoms with Gasteiger partial charge in [-0.05, 0) is 63.7 Å². The van der Waals surface area contributed by atoms with Gasteiger partial charge in [-0.1, -0.05) is 19.3 Å². The third-order valence-electron chi connectivity index (χ3n) is 6.29. The lowest BCUT2D eigenvalue weighted by molar-refractivity contribution is 0.120. The molecule has 24 heavy (non-hydrogen) atoms. The van der Waals surface area contributed by atoms with Crippen molar-refractivity contribution in [2.24, 2.45) is 0 Å². The van der Waals surface area contributed by atoms with E-state index in [2.05, 4.69) is 27.2 Å². The lowest BCUT2D eigenvalue weighted by Crippen LogP contribution is -2.42. The van der Waals surface area contributed by atoms with Gasteiger partial charge < -0.3 is 4.90 Å². The zero-order valence-corrected chi connectivity index (χ0v) is 14.4. The van der Waals surface area contributed by atoms with Gasteiger partial charge in [-0.25, -0.2) is 0 Å². The van der Waals surface area contributed by atoms with Crippen molar-refractivity contribution in [2.75, 3.05) is 13.1 Å². The van der Waals surface area contributed by atoms with Gasteiger partial charge in [0.1, 0.15) is 0 Å². The van der Waals surface area contributed by atoms with Crippen LogP contribution >= 0.6 is 0 Å². The molecule has 2 saturated carbocycles. The Kier molecular flexibility index (Phi) is 3.77. The fraction of sp³-hybridized carbons (Fsp3) is 0.737. The van der Waals surface area contributed by atoms with E-state index in [4.69, 9.17) is 5.10 Å². The molecule has 3 aliphatic rings. The second-order valence-corrected chi connectivity index (χ2v) is 7.96. The van der Waals surface area contributed by atoms with Gasteiger partial charge in [0.2, 0.25) is 0 Å². The smallest absolute Gasteiger partial charge is 0.177 e. The van der Waals surface area contributed by atoms with Gasteiger partial charge in [0, 0.05) is 17.9 Å². The molecule has 0 amide bonds. The first-order valence-corrected chi connectivity index (χ1v) is 9.85. The Morgan fingerprint density at radius 1 is 0.792 bits per heavy atom. The Labute approximate surface area is 143 Å². The molecule has 2 aromatic heterocycles. The zero-order chi connectivity index (χ0) is 15.9. The molecule has 2 aromatic rings. The maximum absolute atomic E-state index is 4.86. The fourth-order valence-corrected chi connectivity index (χ4v) is 4.64. The van der Waals surface area contributed by atoms with Gasteiger partial charge in [-0.3, -0.25) is 0 Å². The maximum Gasteiger partial charge on any atom is 0.177 e. The Balaban J connectivity index is 1.32. The lowest BCUT2D eigenvalue weighted by atomic mass is 9.90. The molecule has 128 valence electrons. The number of rotatable bonds is 3. The van der Waals surface area contributed by atoms with E-state index < -0.39 is 0 Å². The monoisotopic (exact) mass is 325 g/mol. The molecule has 0 atom stereocenters. The van der Waals surface area contributed by atoms with Crippen molar-refractivity contribution in [3.8, 4) is 0 Å². The van der Waals surface area contributed by atoms with Gasteiger partial charge in [0.05, 0.1) is 5.69 Å². The first kappa shape index (κ1) is 14.8. The van der Waals surface area contributed by atoms with Crippen LogP contribution in [-0.4, -0.2) is 43.8 Å². The Bertz CT molecular complexity index is 706. The normalized spacial score (nSPS) is 24.7. The number of hydrogen-bond donors (Lipinski definition) is 0. The highest BCUT2D eigenvalue weighted by molar-refractivity contribution is 5.38. The number of nitrogens with zero attached hydrogens (tertiary/aromatic N) is 5. The van der Waals surface area contributed by atoms with Crippen LogP contribution in [0.3, 0.4) is 0 Å². The summed E-state index contributed by atoms with van der Waals surface area (Å²) in [7, 11) is 0. The Morgan fingerprint density at radius 3 is 2.33 bits per heavy atom. The molecule has 0 unspecified atom stereocenters. The molecule has 0 radical (unpaired) electrons. The summed E-state index contributed by atoms with van der Waals surface area (Å²) in [6, 6.07) is 5.07. The zero-order valence-electron chi connectivity index (χ0n) is 14.4. The van der Waals surface area contributed by atoms with Crippen LogP contribution in [0.5, 0.6) is 0 Å². The van der Waals surface area contributed by atoms with Gasteiger partial charge in [-0.15, -0.1) is 10.2 Å². The van der Waals surface area contributed by atoms with Crippen molar-refractivity contribution < 1.29 is 0 Å². The van der Waals surface area contributed by atoms with E-state index in [9.17, 15) is 0 Å². The van der Waals surface area contributed by atoms with E-state index in [1.165, 1.54) is 76.6 Å². The standard InChI is InChI=1S/C19H27N5/c1-2-4-16(5-3-1)23-12-10-15(11-13-23)19-21-20-18-9-8-17(14-6-7-14)22-24(18)19/h8-9,14-16H,1-7,10-13H2. The SMILES string of the molecule is c1cc2nnc(C3CCN(C4CCCCC4)CC3)n2nc1C1CC1. The van der Waals surface area contributed by atoms with Crippen LogP contribution in [0, 0.1) is 0 Å². The number of hydrogen-bond acceptors (Lipinski definition) is 4. The van der Waals surface area contributed by atoms with E-state index in [1.54, 1.807) is 0 Å². The van der Waals surface area contributed by atoms with E-state index >= 15 is 0 Å². The molecular weight excluding hydrogens is 298 g/mol. The van der Waals surface area contributed by atoms with Crippen LogP contribution in [0.1, 0.15) is 81.1 Å². The maximum atomic E-state index is 4.86. The van der Waals surface area contributed by atoms with Crippen molar-refractivity contribution in [1.82, 2.24) is 24.7 Å². The average molecular weight is 325 g/mol. The molecule has 0 bridgehead atoms. The fourth-order valence-electron chi connectivity index (χ4n) is 4.64. The topological polar surface area (TPSA) is 46.3 Å². The molecule has 2 aliphatic carbocycles. The van der Waals surface area contributed by atoms with Crippen molar-refractivity contribution in [2.45, 2.75) is 75.7 Å². The molecular formula is C19H27N5. The second kappa shape index (κ2) is 6.10. The van der Waals surface area contributed by atoms with E-state index in [0.29, 0.717) is 11.8 Å². The Morgan fingerprint density at radius 2 is 1.58 bits per heavy atom. The average Bonchev–Trinajstić information content (AvgIpc) is 3.42. The van der Waals surface area contributed by atoms with Crippen LogP contribution in [0.4, 0.5) is 0 Å². The highest BCUT2D eigenvalue weighted by atomic mass is 15.4. The van der Waals surface area contributed by atoms with E-state index in [-0.39, 0.29) is 0 Å². The third kappa shape index (κ3) is 2.73. The summed E-state index contributed by atoms with van der Waals surface area (Å²) >= 11 is 0. The second-order valence-electron chi connectivity index (χ2n) is 7.96. The number of fused-ring (bicyclic) bond motifs is 1. The molecule has 5 nitrogen and oxygen atoms in total. The molecule has 1 aliphatic heterocycles. The quantitative estimate of drug-likeness (QED) is 0.866. The van der Waals surface area contributed by atoms with E-state index in [1.807, 2.05) is 4.52 Å². The molecule has 3 heterocycles. The Hall–Kier alpha value is -1.49. The highest BCUT2D eigenvalue weighted by Gasteiger charge is 2.30. The molecule has 0 N–H and O–H groups in total. The van der Waals surface area contributed by atoms with Crippen molar-refractivity contribution >= 4 is 5.65 Å². The molecule has 5 rings (SSSR count). The van der Waals surface area contributed by atoms with Gasteiger partial charge in [0.25, 0.3) is 0 Å². The summed E-state index contributed by atoms with van der Waals surface area (Å²) in [6.45, 7) is 2.43. The van der Waals surface area contributed by atoms with Crippen molar-refractivity contribution in [3.63, 3.8) is 0 Å². The molecule has 3 fully saturated rings. The van der Waals surface area contributed by atoms with Gasteiger partial charge in [0.15, 0.2) is 11.5 Å². The summed E-state index contributed by atoms with van der Waals surface area (Å²) in [6.07, 6.45) is 12.1. The summed E-state index contributed by atoms with van der Waals surface area (Å²) in [5.74, 6) is 2.29. The van der Waals surface area contributed by atoms with Crippen LogP contribution in [-0.2, 0) is 0 Å². The number of likely N-dealkylation sites (tertiary alicyclic amines) is 1. The highest BCUT2D eigenvalue weighted by Crippen LogP contribution is 2.39. The number of aromatic nitrogens is 4. The summed E-state index contributed by atoms with van der Waals surface area (Å²) < 4.78 is 2.04. The summed E-state index contributed by atoms with van der Waals surface area (Å²) in [4.78, 5) is 2.74. The first-order valence-electron chi connectivity index (χ1n) is 9.85. The van der Waals surface area contributed by atoms with Gasteiger partial charge >= 0.3 is 0 Å². The molecule has 0 aromatic carbocycles. The molecule has 1 saturated heterocycles. The largest absolute Gasteiger partial charge is 0.300 e. The van der Waals surface area contributed by atoms with E-state index in [0.717, 1.165) is 17.5 Å². The minimum Gasteiger partial charge on any atom is -0.300 e. The van der Waals surface area contributed by atoms with Gasteiger partial charge in [-0.2, -0.15) is 9.61 Å². The number of piperidine rings is 1. The van der Waals surface area contributed by atoms with Crippen molar-refractivity contribution in [3.05, 3.63) is 23.7 Å². The summed E-state index contributed by atoms with van der Waals surface area (Å²) in [5, 5.41) is 13.7. The van der Waals surface area contributed by atoms with Crippen LogP contribution in [0.2, 0.25) is 0 Å². The molecule has 5 heteroatoms. The minimum atomic E-state index is 0.516. The predicted octanol–water partition coefficient (Wildman–Crippen LogP) is 3.51. The predicted molar refractivity (Wildman–Crippen MR) is 93.2 cm³/mol. The first-order chi connectivity index (χ1) is 11.9. The van der Waals surface area contributed by atoms with Crippen LogP contribution < -0.4 is 0 Å². The molecule has 0 spiro atoms. The van der Waals surface area contributed by atoms with Crippen LogP contribution in [0.15, 0.2) is 12.1 Å². The van der Waals surface area contributed by atoms with Crippen LogP contribution in [0.25, 0.3) is 5.65 Å².